The lowest BCUT2D eigenvalue weighted by Crippen LogP contribution is -2.20. The van der Waals surface area contributed by atoms with Gasteiger partial charge in [0.05, 0.1) is 6.10 Å². The van der Waals surface area contributed by atoms with Crippen LogP contribution in [0.5, 0.6) is 0 Å². The molecule has 0 aromatic heterocycles. The van der Waals surface area contributed by atoms with E-state index in [1.54, 1.807) is 18.2 Å². The molecule has 106 valence electrons. The summed E-state index contributed by atoms with van der Waals surface area (Å²) < 4.78 is 0. The van der Waals surface area contributed by atoms with E-state index in [1.165, 1.54) is 0 Å². The topological polar surface area (TPSA) is 23.5 Å². The lowest BCUT2D eigenvalue weighted by Gasteiger charge is -2.21. The Morgan fingerprint density at radius 1 is 1.10 bits per heavy atom. The Balaban J connectivity index is 1.98. The van der Waals surface area contributed by atoms with Crippen LogP contribution in [0.2, 0.25) is 10.0 Å². The van der Waals surface area contributed by atoms with Crippen LogP contribution in [-0.4, -0.2) is 18.7 Å². The maximum absolute atomic E-state index is 10.3. The molecular weight excluding hydrogens is 293 g/mol. The SMILES string of the molecule is CN(CCC(O)c1cc(Cl)ccc1Cl)c1ccccc1. The van der Waals surface area contributed by atoms with Gasteiger partial charge in [-0.25, -0.2) is 0 Å². The van der Waals surface area contributed by atoms with Crippen molar-refractivity contribution in [2.75, 3.05) is 18.5 Å². The quantitative estimate of drug-likeness (QED) is 0.875. The third-order valence-corrected chi connectivity index (χ3v) is 3.83. The normalized spacial score (nSPS) is 12.2. The summed E-state index contributed by atoms with van der Waals surface area (Å²) in [7, 11) is 2.00. The zero-order valence-electron chi connectivity index (χ0n) is 11.3. The first-order valence-corrected chi connectivity index (χ1v) is 7.22. The van der Waals surface area contributed by atoms with Gasteiger partial charge in [-0.05, 0) is 36.8 Å². The molecule has 0 aliphatic heterocycles. The average Bonchev–Trinajstić information content (AvgIpc) is 2.47. The second-order valence-electron chi connectivity index (χ2n) is 4.73. The molecule has 0 amide bonds. The van der Waals surface area contributed by atoms with Crippen LogP contribution >= 0.6 is 23.2 Å². The highest BCUT2D eigenvalue weighted by Gasteiger charge is 2.13. The van der Waals surface area contributed by atoms with Crippen molar-refractivity contribution in [3.05, 3.63) is 64.1 Å². The number of para-hydroxylation sites is 1. The van der Waals surface area contributed by atoms with Gasteiger partial charge in [0, 0.05) is 34.9 Å². The lowest BCUT2D eigenvalue weighted by atomic mass is 10.1. The zero-order valence-corrected chi connectivity index (χ0v) is 12.8. The molecule has 20 heavy (non-hydrogen) atoms. The molecule has 0 saturated heterocycles. The molecule has 0 bridgehead atoms. The molecule has 0 aliphatic carbocycles. The van der Waals surface area contributed by atoms with Gasteiger partial charge in [-0.15, -0.1) is 0 Å². The molecule has 4 heteroatoms. The third kappa shape index (κ3) is 3.89. The van der Waals surface area contributed by atoms with Crippen molar-refractivity contribution in [1.29, 1.82) is 0 Å². The van der Waals surface area contributed by atoms with E-state index in [9.17, 15) is 5.11 Å². The molecular formula is C16H17Cl2NO. The Morgan fingerprint density at radius 3 is 2.50 bits per heavy atom. The van der Waals surface area contributed by atoms with Gasteiger partial charge in [0.15, 0.2) is 0 Å². The van der Waals surface area contributed by atoms with E-state index >= 15 is 0 Å². The summed E-state index contributed by atoms with van der Waals surface area (Å²) in [4.78, 5) is 2.10. The van der Waals surface area contributed by atoms with Gasteiger partial charge in [-0.3, -0.25) is 0 Å². The Bertz CT molecular complexity index is 560. The molecule has 0 saturated carbocycles. The molecule has 0 fully saturated rings. The molecule has 1 N–H and O–H groups in total. The number of rotatable bonds is 5. The Morgan fingerprint density at radius 2 is 1.80 bits per heavy atom. The molecule has 2 aromatic rings. The minimum absolute atomic E-state index is 0.546. The van der Waals surface area contributed by atoms with Crippen molar-refractivity contribution >= 4 is 28.9 Å². The van der Waals surface area contributed by atoms with Gasteiger partial charge >= 0.3 is 0 Å². The van der Waals surface area contributed by atoms with Gasteiger partial charge in [-0.1, -0.05) is 41.4 Å². The number of aliphatic hydroxyl groups is 1. The van der Waals surface area contributed by atoms with Crippen LogP contribution in [0.1, 0.15) is 18.1 Å². The maximum atomic E-state index is 10.3. The maximum Gasteiger partial charge on any atom is 0.0821 e. The predicted octanol–water partition coefficient (Wildman–Crippen LogP) is 4.55. The molecule has 1 unspecified atom stereocenters. The summed E-state index contributed by atoms with van der Waals surface area (Å²) in [6.07, 6.45) is -0.0294. The Kier molecular flexibility index (Phi) is 5.30. The Labute approximate surface area is 129 Å². The summed E-state index contributed by atoms with van der Waals surface area (Å²) in [5.74, 6) is 0. The van der Waals surface area contributed by atoms with E-state index in [2.05, 4.69) is 4.90 Å². The summed E-state index contributed by atoms with van der Waals surface area (Å²) in [6.45, 7) is 0.730. The Hall–Kier alpha value is -1.22. The number of aliphatic hydroxyl groups excluding tert-OH is 1. The second kappa shape index (κ2) is 6.98. The first-order valence-electron chi connectivity index (χ1n) is 6.47. The number of hydrogen-bond acceptors (Lipinski definition) is 2. The number of anilines is 1. The molecule has 2 aromatic carbocycles. The van der Waals surface area contributed by atoms with E-state index in [0.29, 0.717) is 22.0 Å². The highest BCUT2D eigenvalue weighted by Crippen LogP contribution is 2.28. The van der Waals surface area contributed by atoms with Crippen LogP contribution in [0.4, 0.5) is 5.69 Å². The third-order valence-electron chi connectivity index (χ3n) is 3.25. The van der Waals surface area contributed by atoms with Crippen molar-refractivity contribution in [1.82, 2.24) is 0 Å². The smallest absolute Gasteiger partial charge is 0.0821 e. The van der Waals surface area contributed by atoms with E-state index in [0.717, 1.165) is 12.2 Å². The summed E-state index contributed by atoms with van der Waals surface area (Å²) >= 11 is 12.0. The number of benzene rings is 2. The molecule has 0 radical (unpaired) electrons. The van der Waals surface area contributed by atoms with E-state index in [4.69, 9.17) is 23.2 Å². The fourth-order valence-corrected chi connectivity index (χ4v) is 2.48. The van der Waals surface area contributed by atoms with Crippen LogP contribution in [-0.2, 0) is 0 Å². The van der Waals surface area contributed by atoms with Crippen LogP contribution in [0.25, 0.3) is 0 Å². The van der Waals surface area contributed by atoms with E-state index in [-0.39, 0.29) is 0 Å². The van der Waals surface area contributed by atoms with Crippen molar-refractivity contribution in [3.63, 3.8) is 0 Å². The largest absolute Gasteiger partial charge is 0.388 e. The van der Waals surface area contributed by atoms with E-state index < -0.39 is 6.10 Å². The molecule has 2 nitrogen and oxygen atoms in total. The minimum Gasteiger partial charge on any atom is -0.388 e. The molecule has 0 aliphatic rings. The molecule has 2 rings (SSSR count). The van der Waals surface area contributed by atoms with Crippen molar-refractivity contribution in [3.8, 4) is 0 Å². The second-order valence-corrected chi connectivity index (χ2v) is 5.57. The number of halogens is 2. The highest BCUT2D eigenvalue weighted by atomic mass is 35.5. The van der Waals surface area contributed by atoms with Gasteiger partial charge in [0.25, 0.3) is 0 Å². The molecule has 1 atom stereocenters. The van der Waals surface area contributed by atoms with Gasteiger partial charge < -0.3 is 10.0 Å². The monoisotopic (exact) mass is 309 g/mol. The average molecular weight is 310 g/mol. The number of hydrogen-bond donors (Lipinski definition) is 1. The molecule has 0 heterocycles. The van der Waals surface area contributed by atoms with Crippen LogP contribution < -0.4 is 4.90 Å². The lowest BCUT2D eigenvalue weighted by molar-refractivity contribution is 0.170. The van der Waals surface area contributed by atoms with Crippen LogP contribution in [0.3, 0.4) is 0 Å². The van der Waals surface area contributed by atoms with Gasteiger partial charge in [-0.2, -0.15) is 0 Å². The standard InChI is InChI=1S/C16H17Cl2NO/c1-19(13-5-3-2-4-6-13)10-9-16(20)14-11-12(17)7-8-15(14)18/h2-8,11,16,20H,9-10H2,1H3. The fourth-order valence-electron chi connectivity index (χ4n) is 2.05. The van der Waals surface area contributed by atoms with E-state index in [1.807, 2.05) is 37.4 Å². The van der Waals surface area contributed by atoms with Gasteiger partial charge in [0.1, 0.15) is 0 Å². The summed E-state index contributed by atoms with van der Waals surface area (Å²) in [6, 6.07) is 15.2. The zero-order chi connectivity index (χ0) is 14.5. The minimum atomic E-state index is -0.618. The predicted molar refractivity (Wildman–Crippen MR) is 85.8 cm³/mol. The molecule has 0 spiro atoms. The summed E-state index contributed by atoms with van der Waals surface area (Å²) in [5.41, 5.74) is 1.80. The fraction of sp³-hybridized carbons (Fsp3) is 0.250. The van der Waals surface area contributed by atoms with Gasteiger partial charge in [0.2, 0.25) is 0 Å². The van der Waals surface area contributed by atoms with Crippen molar-refractivity contribution in [2.24, 2.45) is 0 Å². The van der Waals surface area contributed by atoms with Crippen LogP contribution in [0, 0.1) is 0 Å². The van der Waals surface area contributed by atoms with Crippen molar-refractivity contribution < 1.29 is 5.11 Å². The van der Waals surface area contributed by atoms with Crippen molar-refractivity contribution in [2.45, 2.75) is 12.5 Å². The summed E-state index contributed by atoms with van der Waals surface area (Å²) in [5, 5.41) is 11.4. The first kappa shape index (κ1) is 15.2. The van der Waals surface area contributed by atoms with Crippen LogP contribution in [0.15, 0.2) is 48.5 Å². The number of nitrogens with zero attached hydrogens (tertiary/aromatic N) is 1. The highest BCUT2D eigenvalue weighted by molar-refractivity contribution is 6.33. The first-order chi connectivity index (χ1) is 9.58.